The van der Waals surface area contributed by atoms with Gasteiger partial charge in [0.05, 0.1) is 12.2 Å². The van der Waals surface area contributed by atoms with Crippen molar-refractivity contribution in [1.82, 2.24) is 0 Å². The summed E-state index contributed by atoms with van der Waals surface area (Å²) in [6.07, 6.45) is 0. The van der Waals surface area contributed by atoms with Crippen LogP contribution in [0.15, 0.2) is 29.6 Å². The molecule has 2 N–H and O–H groups in total. The zero-order valence-corrected chi connectivity index (χ0v) is 10.3. The minimum absolute atomic E-state index is 0.530. The first-order valence-corrected chi connectivity index (χ1v) is 6.15. The van der Waals surface area contributed by atoms with Crippen molar-refractivity contribution in [2.45, 2.75) is 6.92 Å². The van der Waals surface area contributed by atoms with E-state index < -0.39 is 0 Å². The van der Waals surface area contributed by atoms with Gasteiger partial charge in [-0.05, 0) is 13.0 Å². The third-order valence-electron chi connectivity index (χ3n) is 2.41. The second-order valence-electron chi connectivity index (χ2n) is 3.43. The van der Waals surface area contributed by atoms with E-state index in [1.54, 1.807) is 0 Å². The van der Waals surface area contributed by atoms with Crippen LogP contribution in [0.25, 0.3) is 11.1 Å². The minimum Gasteiger partial charge on any atom is -0.493 e. The van der Waals surface area contributed by atoms with Gasteiger partial charge in [-0.3, -0.25) is 0 Å². The minimum atomic E-state index is 0.530. The Bertz CT molecular complexity index is 569. The fourth-order valence-electron chi connectivity index (χ4n) is 1.66. The lowest BCUT2D eigenvalue weighted by molar-refractivity contribution is 0.341. The van der Waals surface area contributed by atoms with Crippen LogP contribution in [0.5, 0.6) is 5.75 Å². The van der Waals surface area contributed by atoms with E-state index >= 15 is 0 Å². The van der Waals surface area contributed by atoms with Crippen LogP contribution in [-0.4, -0.2) is 6.61 Å². The molecule has 17 heavy (non-hydrogen) atoms. The van der Waals surface area contributed by atoms with Gasteiger partial charge in [-0.2, -0.15) is 5.26 Å². The maximum atomic E-state index is 9.11. The zero-order valence-electron chi connectivity index (χ0n) is 9.43. The molecule has 0 fully saturated rings. The highest BCUT2D eigenvalue weighted by molar-refractivity contribution is 7.14. The molecule has 3 nitrogen and oxygen atoms in total. The molecule has 0 atom stereocenters. The molecule has 0 amide bonds. The summed E-state index contributed by atoms with van der Waals surface area (Å²) in [7, 11) is 0. The average Bonchev–Trinajstić information content (AvgIpc) is 2.71. The first kappa shape index (κ1) is 11.5. The fourth-order valence-corrected chi connectivity index (χ4v) is 2.42. The molecule has 0 radical (unpaired) electrons. The lowest BCUT2D eigenvalue weighted by Crippen LogP contribution is -1.94. The highest BCUT2D eigenvalue weighted by atomic mass is 32.1. The fraction of sp³-hybridized carbons (Fsp3) is 0.154. The van der Waals surface area contributed by atoms with Gasteiger partial charge >= 0.3 is 0 Å². The van der Waals surface area contributed by atoms with Crippen molar-refractivity contribution in [3.8, 4) is 22.9 Å². The predicted octanol–water partition coefficient (Wildman–Crippen LogP) is 3.27. The molecule has 1 aromatic carbocycles. The van der Waals surface area contributed by atoms with E-state index in [0.29, 0.717) is 17.2 Å². The van der Waals surface area contributed by atoms with E-state index in [1.807, 2.05) is 36.6 Å². The van der Waals surface area contributed by atoms with Crippen molar-refractivity contribution >= 4 is 16.3 Å². The molecule has 0 bridgehead atoms. The number of nitrogens with two attached hydrogens (primary N) is 1. The van der Waals surface area contributed by atoms with E-state index in [2.05, 4.69) is 6.07 Å². The smallest absolute Gasteiger partial charge is 0.127 e. The SMILES string of the molecule is CCOc1ccccc1-c1csc(N)c1C#N. The van der Waals surface area contributed by atoms with Gasteiger partial charge in [0.25, 0.3) is 0 Å². The second kappa shape index (κ2) is 4.89. The average molecular weight is 244 g/mol. The summed E-state index contributed by atoms with van der Waals surface area (Å²) in [5.74, 6) is 0.782. The van der Waals surface area contributed by atoms with Gasteiger partial charge < -0.3 is 10.5 Å². The van der Waals surface area contributed by atoms with Crippen molar-refractivity contribution < 1.29 is 4.74 Å². The van der Waals surface area contributed by atoms with Crippen LogP contribution in [0, 0.1) is 11.3 Å². The van der Waals surface area contributed by atoms with Gasteiger partial charge in [0, 0.05) is 16.5 Å². The predicted molar refractivity (Wildman–Crippen MR) is 70.1 cm³/mol. The van der Waals surface area contributed by atoms with Crippen molar-refractivity contribution in [2.75, 3.05) is 12.3 Å². The van der Waals surface area contributed by atoms with Crippen LogP contribution < -0.4 is 10.5 Å². The van der Waals surface area contributed by atoms with Gasteiger partial charge in [-0.15, -0.1) is 11.3 Å². The van der Waals surface area contributed by atoms with Gasteiger partial charge in [-0.1, -0.05) is 18.2 Å². The number of hydrogen-bond acceptors (Lipinski definition) is 4. The normalized spacial score (nSPS) is 9.88. The number of nitrogens with zero attached hydrogens (tertiary/aromatic N) is 1. The van der Waals surface area contributed by atoms with Gasteiger partial charge in [0.1, 0.15) is 16.8 Å². The number of hydrogen-bond donors (Lipinski definition) is 1. The summed E-state index contributed by atoms with van der Waals surface area (Å²) in [6, 6.07) is 9.81. The van der Waals surface area contributed by atoms with Crippen molar-refractivity contribution in [1.29, 1.82) is 5.26 Å². The number of nitrogen functional groups attached to an aromatic ring is 1. The van der Waals surface area contributed by atoms with Gasteiger partial charge in [0.2, 0.25) is 0 Å². The topological polar surface area (TPSA) is 59.0 Å². The Kier molecular flexibility index (Phi) is 3.31. The lowest BCUT2D eigenvalue weighted by Gasteiger charge is -2.08. The molecule has 0 spiro atoms. The molecule has 2 rings (SSSR count). The molecule has 0 saturated carbocycles. The third-order valence-corrected chi connectivity index (χ3v) is 3.22. The number of rotatable bonds is 3. The Hall–Kier alpha value is -1.99. The number of anilines is 1. The number of nitriles is 1. The van der Waals surface area contributed by atoms with E-state index in [1.165, 1.54) is 11.3 Å². The van der Waals surface area contributed by atoms with Gasteiger partial charge in [0.15, 0.2) is 0 Å². The van der Waals surface area contributed by atoms with E-state index in [9.17, 15) is 0 Å². The molecule has 1 heterocycles. The molecule has 86 valence electrons. The molecule has 0 saturated heterocycles. The molecular formula is C13H12N2OS. The first-order chi connectivity index (χ1) is 8.27. The monoisotopic (exact) mass is 244 g/mol. The van der Waals surface area contributed by atoms with Crippen LogP contribution in [0.3, 0.4) is 0 Å². The molecule has 0 aliphatic rings. The van der Waals surface area contributed by atoms with Crippen molar-refractivity contribution in [2.24, 2.45) is 0 Å². The first-order valence-electron chi connectivity index (χ1n) is 5.27. The molecule has 0 unspecified atom stereocenters. The Morgan fingerprint density at radius 1 is 1.35 bits per heavy atom. The Morgan fingerprint density at radius 3 is 2.82 bits per heavy atom. The summed E-state index contributed by atoms with van der Waals surface area (Å²) in [4.78, 5) is 0. The zero-order chi connectivity index (χ0) is 12.3. The Labute approximate surface area is 104 Å². The Balaban J connectivity index is 2.57. The van der Waals surface area contributed by atoms with Crippen LogP contribution >= 0.6 is 11.3 Å². The molecule has 4 heteroatoms. The maximum Gasteiger partial charge on any atom is 0.127 e. The second-order valence-corrected chi connectivity index (χ2v) is 4.34. The molecule has 0 aliphatic carbocycles. The number of thiophene rings is 1. The summed E-state index contributed by atoms with van der Waals surface area (Å²) in [5, 5.41) is 11.6. The largest absolute Gasteiger partial charge is 0.493 e. The molecule has 0 aliphatic heterocycles. The van der Waals surface area contributed by atoms with Crippen LogP contribution in [0.2, 0.25) is 0 Å². The summed E-state index contributed by atoms with van der Waals surface area (Å²) in [5.41, 5.74) is 8.06. The lowest BCUT2D eigenvalue weighted by atomic mass is 10.0. The highest BCUT2D eigenvalue weighted by Gasteiger charge is 2.14. The molecule has 1 aromatic heterocycles. The quantitative estimate of drug-likeness (QED) is 0.901. The van der Waals surface area contributed by atoms with Crippen LogP contribution in [-0.2, 0) is 0 Å². The molecule has 2 aromatic rings. The number of para-hydroxylation sites is 1. The van der Waals surface area contributed by atoms with E-state index in [0.717, 1.165) is 16.9 Å². The van der Waals surface area contributed by atoms with E-state index in [4.69, 9.17) is 15.7 Å². The van der Waals surface area contributed by atoms with Gasteiger partial charge in [-0.25, -0.2) is 0 Å². The highest BCUT2D eigenvalue weighted by Crippen LogP contribution is 2.37. The Morgan fingerprint density at radius 2 is 2.12 bits per heavy atom. The molecular weight excluding hydrogens is 232 g/mol. The number of benzene rings is 1. The van der Waals surface area contributed by atoms with Crippen LogP contribution in [0.1, 0.15) is 12.5 Å². The maximum absolute atomic E-state index is 9.11. The summed E-state index contributed by atoms with van der Waals surface area (Å²) >= 11 is 1.38. The van der Waals surface area contributed by atoms with E-state index in [-0.39, 0.29) is 0 Å². The van der Waals surface area contributed by atoms with Crippen molar-refractivity contribution in [3.63, 3.8) is 0 Å². The summed E-state index contributed by atoms with van der Waals surface area (Å²) in [6.45, 7) is 2.53. The van der Waals surface area contributed by atoms with Crippen LogP contribution in [0.4, 0.5) is 5.00 Å². The van der Waals surface area contributed by atoms with Crippen molar-refractivity contribution in [3.05, 3.63) is 35.2 Å². The number of ether oxygens (including phenoxy) is 1. The summed E-state index contributed by atoms with van der Waals surface area (Å²) < 4.78 is 5.55. The third kappa shape index (κ3) is 2.10. The standard InChI is InChI=1S/C13H12N2OS/c1-2-16-12-6-4-3-5-9(12)11-8-17-13(15)10(11)7-14/h3-6,8H,2,15H2,1H3.